The zero-order valence-corrected chi connectivity index (χ0v) is 35.0. The summed E-state index contributed by atoms with van der Waals surface area (Å²) >= 11 is 0. The van der Waals surface area contributed by atoms with E-state index in [4.69, 9.17) is 20.2 Å². The van der Waals surface area contributed by atoms with Gasteiger partial charge < -0.3 is 9.97 Å². The number of hydrogen-bond donors (Lipinski definition) is 2. The van der Waals surface area contributed by atoms with Crippen LogP contribution in [0.2, 0.25) is 0 Å². The molecule has 2 aromatic carbocycles. The largest absolute Gasteiger partial charge is 0.358 e. The Morgan fingerprint density at radius 3 is 1.28 bits per heavy atom. The number of nitrogens with one attached hydrogen (secondary N) is 2. The predicted octanol–water partition coefficient (Wildman–Crippen LogP) is 10.3. The van der Waals surface area contributed by atoms with E-state index in [0.29, 0.717) is 38.8 Å². The molecule has 0 aliphatic carbocycles. The number of aliphatic imine (C=N–C) groups is 2. The fourth-order valence-electron chi connectivity index (χ4n) is 8.52. The summed E-state index contributed by atoms with van der Waals surface area (Å²) < 4.78 is 4.35. The molecule has 12 bridgehead atoms. The summed E-state index contributed by atoms with van der Waals surface area (Å²) in [5, 5.41) is 10.5. The number of nitrogens with zero attached hydrogens (tertiary/aromatic N) is 6. The van der Waals surface area contributed by atoms with Crippen molar-refractivity contribution in [2.24, 2.45) is 9.98 Å². The van der Waals surface area contributed by atoms with Crippen LogP contribution < -0.4 is 0 Å². The lowest BCUT2D eigenvalue weighted by Gasteiger charge is -2.08. The third-order valence-corrected chi connectivity index (χ3v) is 12.8. The van der Waals surface area contributed by atoms with Gasteiger partial charge in [-0.3, -0.25) is 19.3 Å². The number of H-pyrrole nitrogens is 2. The zero-order valence-electron chi connectivity index (χ0n) is 35.0. The predicted molar refractivity (Wildman–Crippen MR) is 237 cm³/mol. The summed E-state index contributed by atoms with van der Waals surface area (Å²) in [5.41, 5.74) is 25.5. The van der Waals surface area contributed by atoms with Crippen LogP contribution in [-0.2, 0) is 38.8 Å². The third-order valence-electron chi connectivity index (χ3n) is 12.8. The Bertz CT molecular complexity index is 2590. The second kappa shape index (κ2) is 14.9. The molecule has 8 heteroatoms. The van der Waals surface area contributed by atoms with Crippen molar-refractivity contribution in [3.63, 3.8) is 0 Å². The van der Waals surface area contributed by atoms with Crippen LogP contribution in [0.15, 0.2) is 116 Å². The highest BCUT2D eigenvalue weighted by atomic mass is 15.3. The molecule has 0 radical (unpaired) electrons. The number of aromatic nitrogens is 6. The highest BCUT2D eigenvalue weighted by Crippen LogP contribution is 2.33. The number of rotatable bonds is 4. The van der Waals surface area contributed by atoms with Crippen molar-refractivity contribution in [2.75, 3.05) is 0 Å². The minimum atomic E-state index is 0.702. The molecule has 0 spiro atoms. The Balaban J connectivity index is 1.17. The maximum absolute atomic E-state index is 5.30. The Morgan fingerprint density at radius 2 is 0.879 bits per heavy atom. The van der Waals surface area contributed by atoms with Crippen molar-refractivity contribution in [2.45, 2.75) is 94.2 Å². The van der Waals surface area contributed by atoms with Gasteiger partial charge in [0.15, 0.2) is 0 Å². The van der Waals surface area contributed by atoms with E-state index in [9.17, 15) is 0 Å². The van der Waals surface area contributed by atoms with Crippen molar-refractivity contribution < 1.29 is 0 Å². The lowest BCUT2D eigenvalue weighted by atomic mass is 10.0. The molecule has 7 heterocycles. The van der Waals surface area contributed by atoms with E-state index in [1.807, 2.05) is 0 Å². The van der Waals surface area contributed by atoms with E-state index in [1.54, 1.807) is 0 Å². The van der Waals surface area contributed by atoms with Crippen LogP contribution in [0.5, 0.6) is 0 Å². The monoisotopic (exact) mass is 764 g/mol. The molecule has 0 unspecified atom stereocenters. The minimum Gasteiger partial charge on any atom is -0.358 e. The Labute approximate surface area is 341 Å². The van der Waals surface area contributed by atoms with Crippen LogP contribution in [0.4, 0.5) is 0 Å². The summed E-state index contributed by atoms with van der Waals surface area (Å²) in [6, 6.07) is 25.8. The van der Waals surface area contributed by atoms with Crippen LogP contribution >= 0.6 is 0 Å². The standard InChI is InChI=1S/C50H52N8/c1-29-33(5)47-25-49-35(7)31(3)45(53-49)24-42-20-40(56-58(42)28-38-17-13-10-14-18-38)22-44-30(2)34(6)48(52-44)26-50-36(8)32(4)46(54-50)23-41-19-39(21-43(29)51-47)55-57(41)27-37-15-11-9-12-16-37/h9-20,25-26,51-52H,21-24,27-28H2,1-8H3. The molecule has 9 rings (SSSR count). The lowest BCUT2D eigenvalue weighted by molar-refractivity contribution is 0.649. The fraction of sp³-hybridized carbons (Fsp3) is 0.280. The quantitative estimate of drug-likeness (QED) is 0.187. The van der Waals surface area contributed by atoms with Crippen molar-refractivity contribution in [3.8, 4) is 0 Å². The smallest absolute Gasteiger partial charge is 0.0686 e. The van der Waals surface area contributed by atoms with Gasteiger partial charge in [-0.25, -0.2) is 0 Å². The van der Waals surface area contributed by atoms with E-state index in [2.05, 4.69) is 160 Å². The Morgan fingerprint density at radius 1 is 0.483 bits per heavy atom. The van der Waals surface area contributed by atoms with E-state index in [-0.39, 0.29) is 0 Å². The highest BCUT2D eigenvalue weighted by molar-refractivity contribution is 6.06. The number of allylic oxidation sites excluding steroid dienone is 4. The molecule has 2 N–H and O–H groups in total. The first-order chi connectivity index (χ1) is 28.0. The van der Waals surface area contributed by atoms with Crippen LogP contribution in [-0.4, -0.2) is 41.0 Å². The van der Waals surface area contributed by atoms with Crippen molar-refractivity contribution >= 4 is 23.6 Å². The van der Waals surface area contributed by atoms with Gasteiger partial charge in [-0.2, -0.15) is 10.2 Å². The van der Waals surface area contributed by atoms with Gasteiger partial charge in [-0.05, 0) is 135 Å². The van der Waals surface area contributed by atoms with Gasteiger partial charge in [0.05, 0.1) is 47.3 Å². The summed E-state index contributed by atoms with van der Waals surface area (Å²) in [4.78, 5) is 18.2. The molecule has 292 valence electrons. The second-order valence-electron chi connectivity index (χ2n) is 16.5. The maximum Gasteiger partial charge on any atom is 0.0686 e. The molecule has 6 aromatic rings. The first-order valence-corrected chi connectivity index (χ1v) is 20.5. The maximum atomic E-state index is 5.30. The molecule has 58 heavy (non-hydrogen) atoms. The van der Waals surface area contributed by atoms with Crippen LogP contribution in [0.1, 0.15) is 107 Å². The molecule has 0 atom stereocenters. The molecule has 3 aliphatic heterocycles. The molecule has 3 aliphatic rings. The molecule has 0 saturated carbocycles. The average molecular weight is 765 g/mol. The summed E-state index contributed by atoms with van der Waals surface area (Å²) in [6.45, 7) is 19.1. The molecule has 4 aromatic heterocycles. The van der Waals surface area contributed by atoms with Gasteiger partial charge in [-0.15, -0.1) is 0 Å². The lowest BCUT2D eigenvalue weighted by Crippen LogP contribution is -2.11. The molecular weight excluding hydrogens is 713 g/mol. The summed E-state index contributed by atoms with van der Waals surface area (Å²) in [5.74, 6) is 0. The van der Waals surface area contributed by atoms with Crippen molar-refractivity contribution in [1.82, 2.24) is 29.5 Å². The van der Waals surface area contributed by atoms with Gasteiger partial charge in [-0.1, -0.05) is 60.7 Å². The average Bonchev–Trinajstić information content (AvgIpc) is 4.02. The topological polar surface area (TPSA) is 91.9 Å². The first-order valence-electron chi connectivity index (χ1n) is 20.5. The van der Waals surface area contributed by atoms with E-state index >= 15 is 0 Å². The summed E-state index contributed by atoms with van der Waals surface area (Å²) in [7, 11) is 0. The number of benzene rings is 2. The minimum absolute atomic E-state index is 0.702. The normalized spacial score (nSPS) is 15.7. The Hall–Kier alpha value is -6.28. The van der Waals surface area contributed by atoms with Crippen LogP contribution in [0.3, 0.4) is 0 Å². The van der Waals surface area contributed by atoms with E-state index < -0.39 is 0 Å². The van der Waals surface area contributed by atoms with E-state index in [0.717, 1.165) is 57.0 Å². The van der Waals surface area contributed by atoms with Gasteiger partial charge in [0.25, 0.3) is 0 Å². The molecule has 8 nitrogen and oxygen atoms in total. The molecule has 0 saturated heterocycles. The molecule has 0 amide bonds. The number of hydrogen-bond acceptors (Lipinski definition) is 4. The first kappa shape index (κ1) is 37.3. The van der Waals surface area contributed by atoms with E-state index in [1.165, 1.54) is 67.1 Å². The highest BCUT2D eigenvalue weighted by Gasteiger charge is 2.24. The van der Waals surface area contributed by atoms with Gasteiger partial charge in [0.2, 0.25) is 0 Å². The second-order valence-corrected chi connectivity index (χ2v) is 16.5. The summed E-state index contributed by atoms with van der Waals surface area (Å²) in [6.07, 6.45) is 7.29. The molecule has 0 fully saturated rings. The van der Waals surface area contributed by atoms with Gasteiger partial charge in [0, 0.05) is 59.8 Å². The van der Waals surface area contributed by atoms with Crippen LogP contribution in [0, 0.1) is 27.7 Å². The molecular formula is C50H52N8. The SMILES string of the molecule is CC1=C(C)C2=NC1=Cc1[nH]c(c(C)c1C)Cc1cc(n(Cc3ccccc3)n1)CC1=NC(=Cc3[nH]c(c(C)c3C)Cc3cc(n(Cc4ccccc4)n3)C2)C(C)=C1C. The number of aromatic amines is 2. The number of fused-ring (bicyclic) bond motifs is 10. The third kappa shape index (κ3) is 7.01. The van der Waals surface area contributed by atoms with Crippen LogP contribution in [0.25, 0.3) is 12.2 Å². The van der Waals surface area contributed by atoms with Gasteiger partial charge in [0.1, 0.15) is 0 Å². The Kier molecular flexibility index (Phi) is 9.59. The van der Waals surface area contributed by atoms with Crippen molar-refractivity contribution in [3.05, 3.63) is 185 Å². The fourth-order valence-corrected chi connectivity index (χ4v) is 8.52. The van der Waals surface area contributed by atoms with Gasteiger partial charge >= 0.3 is 0 Å². The van der Waals surface area contributed by atoms with Crippen molar-refractivity contribution in [1.29, 1.82) is 0 Å². The zero-order chi connectivity index (χ0) is 40.2.